The van der Waals surface area contributed by atoms with E-state index in [9.17, 15) is 19.8 Å². The van der Waals surface area contributed by atoms with Crippen LogP contribution in [0.4, 0.5) is 0 Å². The molecule has 0 unspecified atom stereocenters. The van der Waals surface area contributed by atoms with Crippen LogP contribution in [0.2, 0.25) is 0 Å². The smallest absolute Gasteiger partial charge is 0.354 e. The Labute approximate surface area is 89.0 Å². The maximum absolute atomic E-state index is 11.6. The van der Waals surface area contributed by atoms with E-state index >= 15 is 0 Å². The number of carboxylic acid groups (broad SMARTS) is 1. The van der Waals surface area contributed by atoms with E-state index in [1.54, 1.807) is 0 Å². The van der Waals surface area contributed by atoms with E-state index in [-0.39, 0.29) is 11.3 Å². The molecule has 8 heteroatoms. The molecule has 0 spiro atoms. The van der Waals surface area contributed by atoms with Crippen LogP contribution in [0.3, 0.4) is 0 Å². The van der Waals surface area contributed by atoms with E-state index in [1.165, 1.54) is 0 Å². The fourth-order valence-electron chi connectivity index (χ4n) is 1.39. The summed E-state index contributed by atoms with van der Waals surface area (Å²) < 4.78 is 0.673. The lowest BCUT2D eigenvalue weighted by Crippen LogP contribution is -2.32. The molecular weight excluding hydrogens is 215 g/mol. The van der Waals surface area contributed by atoms with Gasteiger partial charge < -0.3 is 20.3 Å². The van der Waals surface area contributed by atoms with Gasteiger partial charge in [-0.1, -0.05) is 0 Å². The van der Waals surface area contributed by atoms with Crippen molar-refractivity contribution >= 4 is 24.9 Å². The highest BCUT2D eigenvalue weighted by Gasteiger charge is 2.19. The second-order valence-corrected chi connectivity index (χ2v) is 3.08. The van der Waals surface area contributed by atoms with Crippen LogP contribution < -0.4 is 11.0 Å². The number of hydrogen-bond acceptors (Lipinski definition) is 4. The standard InChI is InChI=1S/C8H5BN2O5/c9-3-4(12)5(13)6-10-1-2(8(15)16)11(6)7(3)14/h1,10,12-13H,(H,15,16). The average molecular weight is 220 g/mol. The summed E-state index contributed by atoms with van der Waals surface area (Å²) in [6, 6.07) is 0. The van der Waals surface area contributed by atoms with Crippen molar-refractivity contribution in [3.63, 3.8) is 0 Å². The largest absolute Gasteiger partial charge is 0.504 e. The van der Waals surface area contributed by atoms with E-state index in [4.69, 9.17) is 13.0 Å². The number of fused-ring (bicyclic) bond motifs is 1. The Kier molecular flexibility index (Phi) is 1.94. The van der Waals surface area contributed by atoms with Gasteiger partial charge in [-0.05, 0) is 0 Å². The van der Waals surface area contributed by atoms with Gasteiger partial charge in [-0.15, -0.1) is 0 Å². The zero-order valence-electron chi connectivity index (χ0n) is 7.76. The number of hydrogen-bond donors (Lipinski definition) is 4. The number of H-pyrrole nitrogens is 1. The highest BCUT2D eigenvalue weighted by molar-refractivity contribution is 6.34. The van der Waals surface area contributed by atoms with E-state index in [0.717, 1.165) is 6.20 Å². The molecule has 0 aliphatic rings. The minimum absolute atomic E-state index is 0.228. The number of aromatic nitrogens is 2. The van der Waals surface area contributed by atoms with Gasteiger partial charge in [-0.25, -0.2) is 4.79 Å². The van der Waals surface area contributed by atoms with E-state index < -0.39 is 28.5 Å². The lowest BCUT2D eigenvalue weighted by Gasteiger charge is -2.04. The Morgan fingerprint density at radius 1 is 1.38 bits per heavy atom. The zero-order chi connectivity index (χ0) is 12.0. The molecule has 0 saturated heterocycles. The van der Waals surface area contributed by atoms with Crippen LogP contribution in [0.15, 0.2) is 11.0 Å². The van der Waals surface area contributed by atoms with Gasteiger partial charge in [0.05, 0.1) is 0 Å². The molecule has 16 heavy (non-hydrogen) atoms. The number of carboxylic acids is 1. The molecule has 4 N–H and O–H groups in total. The third-order valence-electron chi connectivity index (χ3n) is 2.17. The second kappa shape index (κ2) is 3.06. The first-order valence-corrected chi connectivity index (χ1v) is 4.12. The molecule has 2 heterocycles. The Bertz CT molecular complexity index is 656. The summed E-state index contributed by atoms with van der Waals surface area (Å²) >= 11 is 0. The Morgan fingerprint density at radius 2 is 2.00 bits per heavy atom. The van der Waals surface area contributed by atoms with Gasteiger partial charge in [-0.2, -0.15) is 0 Å². The molecular formula is C8H5BN2O5. The number of imidazole rings is 1. The minimum atomic E-state index is -1.36. The molecule has 0 fully saturated rings. The molecule has 0 saturated carbocycles. The van der Waals surface area contributed by atoms with Crippen molar-refractivity contribution in [3.8, 4) is 11.5 Å². The van der Waals surface area contributed by atoms with Crippen molar-refractivity contribution in [1.82, 2.24) is 9.38 Å². The van der Waals surface area contributed by atoms with Crippen LogP contribution in [-0.2, 0) is 0 Å². The summed E-state index contributed by atoms with van der Waals surface area (Å²) in [5, 5.41) is 27.5. The molecule has 80 valence electrons. The van der Waals surface area contributed by atoms with Gasteiger partial charge in [0.2, 0.25) is 0 Å². The summed E-state index contributed by atoms with van der Waals surface area (Å²) in [6.45, 7) is 0. The minimum Gasteiger partial charge on any atom is -0.504 e. The highest BCUT2D eigenvalue weighted by atomic mass is 16.4. The summed E-state index contributed by atoms with van der Waals surface area (Å²) in [6.07, 6.45) is 1.01. The van der Waals surface area contributed by atoms with Crippen LogP contribution in [0.25, 0.3) is 5.65 Å². The zero-order valence-corrected chi connectivity index (χ0v) is 7.76. The SMILES string of the molecule is [B]c1c(O)c(O)c2[nH]cc(C(=O)O)n2c1=O. The maximum Gasteiger partial charge on any atom is 0.354 e. The molecule has 0 aromatic carbocycles. The lowest BCUT2D eigenvalue weighted by molar-refractivity contribution is 0.0689. The molecule has 0 aliphatic heterocycles. The molecule has 2 radical (unpaired) electrons. The third kappa shape index (κ3) is 1.09. The average Bonchev–Trinajstić information content (AvgIpc) is 2.67. The predicted molar refractivity (Wildman–Crippen MR) is 53.7 cm³/mol. The van der Waals surface area contributed by atoms with Gasteiger partial charge in [0.1, 0.15) is 7.85 Å². The van der Waals surface area contributed by atoms with Crippen LogP contribution in [-0.4, -0.2) is 38.5 Å². The Morgan fingerprint density at radius 3 is 2.56 bits per heavy atom. The van der Waals surface area contributed by atoms with Gasteiger partial charge in [0.15, 0.2) is 22.8 Å². The number of rotatable bonds is 1. The molecule has 0 atom stereocenters. The topological polar surface area (TPSA) is 115 Å². The number of aromatic hydroxyl groups is 2. The van der Waals surface area contributed by atoms with Crippen LogP contribution in [0.1, 0.15) is 10.5 Å². The summed E-state index contributed by atoms with van der Waals surface area (Å²) in [7, 11) is 5.23. The van der Waals surface area contributed by atoms with E-state index in [0.29, 0.717) is 4.40 Å². The van der Waals surface area contributed by atoms with Crippen molar-refractivity contribution in [2.75, 3.05) is 0 Å². The molecule has 0 amide bonds. The van der Waals surface area contributed by atoms with Crippen molar-refractivity contribution in [3.05, 3.63) is 22.2 Å². The molecule has 2 aromatic heterocycles. The van der Waals surface area contributed by atoms with E-state index in [1.807, 2.05) is 0 Å². The molecule has 2 aromatic rings. The van der Waals surface area contributed by atoms with E-state index in [2.05, 4.69) is 4.98 Å². The van der Waals surface area contributed by atoms with Crippen molar-refractivity contribution < 1.29 is 20.1 Å². The predicted octanol–water partition coefficient (Wildman–Crippen LogP) is -1.47. The van der Waals surface area contributed by atoms with Gasteiger partial charge in [0.25, 0.3) is 5.56 Å². The third-order valence-corrected chi connectivity index (χ3v) is 2.17. The first-order chi connectivity index (χ1) is 7.45. The van der Waals surface area contributed by atoms with Gasteiger partial charge >= 0.3 is 5.97 Å². The summed E-state index contributed by atoms with van der Waals surface area (Å²) in [5.74, 6) is -2.81. The lowest BCUT2D eigenvalue weighted by atomic mass is 9.96. The Hall–Kier alpha value is -2.38. The van der Waals surface area contributed by atoms with Crippen molar-refractivity contribution in [1.29, 1.82) is 0 Å². The second-order valence-electron chi connectivity index (χ2n) is 3.08. The number of aromatic carboxylic acids is 1. The number of nitrogens with zero attached hydrogens (tertiary/aromatic N) is 1. The molecule has 7 nitrogen and oxygen atoms in total. The van der Waals surface area contributed by atoms with Crippen LogP contribution >= 0.6 is 0 Å². The first-order valence-electron chi connectivity index (χ1n) is 4.12. The number of aromatic amines is 1. The quantitative estimate of drug-likeness (QED) is 0.438. The fraction of sp³-hybridized carbons (Fsp3) is 0. The summed E-state index contributed by atoms with van der Waals surface area (Å²) in [5.41, 5.74) is -2.14. The van der Waals surface area contributed by atoms with Crippen LogP contribution in [0, 0.1) is 0 Å². The molecule has 2 rings (SSSR count). The van der Waals surface area contributed by atoms with Gasteiger partial charge in [-0.3, -0.25) is 9.20 Å². The molecule has 0 aliphatic carbocycles. The molecule has 0 bridgehead atoms. The first kappa shape index (κ1) is 10.2. The maximum atomic E-state index is 11.6. The number of carbonyl (C=O) groups is 1. The van der Waals surface area contributed by atoms with Crippen molar-refractivity contribution in [2.24, 2.45) is 0 Å². The normalized spacial score (nSPS) is 10.8. The number of nitrogens with one attached hydrogen (secondary N) is 1. The number of pyridine rings is 1. The fourth-order valence-corrected chi connectivity index (χ4v) is 1.39. The monoisotopic (exact) mass is 220 g/mol. The van der Waals surface area contributed by atoms with Crippen LogP contribution in [0.5, 0.6) is 11.5 Å². The Balaban J connectivity index is 3.07. The highest BCUT2D eigenvalue weighted by Crippen LogP contribution is 2.25. The summed E-state index contributed by atoms with van der Waals surface area (Å²) in [4.78, 5) is 24.7. The van der Waals surface area contributed by atoms with Gasteiger partial charge in [0, 0.05) is 11.7 Å². The van der Waals surface area contributed by atoms with Crippen molar-refractivity contribution in [2.45, 2.75) is 0 Å².